The summed E-state index contributed by atoms with van der Waals surface area (Å²) in [6, 6.07) is 2.43. The van der Waals surface area contributed by atoms with Gasteiger partial charge in [-0.25, -0.2) is 19.5 Å². The second-order valence-corrected chi connectivity index (χ2v) is 7.86. The molecule has 1 saturated carbocycles. The maximum atomic E-state index is 6.16. The van der Waals surface area contributed by atoms with Crippen LogP contribution >= 0.6 is 11.6 Å². The zero-order valence-electron chi connectivity index (χ0n) is 14.3. The third-order valence-corrected chi connectivity index (χ3v) is 5.84. The Hall–Kier alpha value is -2.71. The molecule has 0 atom stereocenters. The van der Waals surface area contributed by atoms with Crippen molar-refractivity contribution in [1.82, 2.24) is 29.0 Å². The second kappa shape index (κ2) is 5.40. The zero-order valence-corrected chi connectivity index (χ0v) is 15.1. The smallest absolute Gasteiger partial charge is 0.241 e. The topological polar surface area (TPSA) is 81.6 Å². The van der Waals surface area contributed by atoms with E-state index >= 15 is 0 Å². The summed E-state index contributed by atoms with van der Waals surface area (Å²) in [5.41, 5.74) is 3.26. The first-order valence-electron chi connectivity index (χ1n) is 8.87. The van der Waals surface area contributed by atoms with Gasteiger partial charge in [-0.3, -0.25) is 4.40 Å². The average Bonchev–Trinajstić information content (AvgIpc) is 3.19. The molecular formula is C18H16ClN7O. The standard InChI is InChI=1S/C18H16ClN7O/c19-15-7-22-17-21-5-11(8-25(15)17)13-1-2-26-14(13)6-20-16(24-26)23-12-3-18(4-12)9-27-10-18/h1-2,5-8,12H,3-4,9-10H2,(H,23,24). The minimum atomic E-state index is 0.419. The molecule has 136 valence electrons. The van der Waals surface area contributed by atoms with Gasteiger partial charge in [0.15, 0.2) is 0 Å². The van der Waals surface area contributed by atoms with Gasteiger partial charge in [-0.2, -0.15) is 0 Å². The van der Waals surface area contributed by atoms with Crippen LogP contribution in [0, 0.1) is 5.41 Å². The minimum Gasteiger partial charge on any atom is -0.380 e. The SMILES string of the molecule is Clc1cnc2ncc(-c3ccn4nc(NC5CC6(COC6)C5)ncc34)cn12. The number of rotatable bonds is 3. The lowest BCUT2D eigenvalue weighted by Crippen LogP contribution is -2.56. The Morgan fingerprint density at radius 1 is 1.15 bits per heavy atom. The van der Waals surface area contributed by atoms with Crippen molar-refractivity contribution in [2.75, 3.05) is 18.5 Å². The zero-order chi connectivity index (χ0) is 18.0. The molecule has 0 bridgehead atoms. The van der Waals surface area contributed by atoms with Crippen molar-refractivity contribution >= 4 is 28.8 Å². The number of imidazole rings is 1. The molecule has 1 aliphatic carbocycles. The maximum absolute atomic E-state index is 6.16. The lowest BCUT2D eigenvalue weighted by molar-refractivity contribution is -0.160. The number of hydrogen-bond donors (Lipinski definition) is 1. The van der Waals surface area contributed by atoms with E-state index in [0.29, 0.717) is 28.3 Å². The second-order valence-electron chi connectivity index (χ2n) is 7.48. The van der Waals surface area contributed by atoms with Crippen molar-refractivity contribution in [3.63, 3.8) is 0 Å². The Bertz CT molecular complexity index is 1170. The monoisotopic (exact) mass is 381 g/mol. The van der Waals surface area contributed by atoms with Crippen LogP contribution in [0.5, 0.6) is 0 Å². The molecule has 4 aromatic rings. The lowest BCUT2D eigenvalue weighted by Gasteiger charge is -2.53. The van der Waals surface area contributed by atoms with Crippen molar-refractivity contribution < 1.29 is 4.74 Å². The quantitative estimate of drug-likeness (QED) is 0.587. The van der Waals surface area contributed by atoms with E-state index in [1.54, 1.807) is 16.8 Å². The van der Waals surface area contributed by atoms with Gasteiger partial charge in [-0.15, -0.1) is 5.10 Å². The van der Waals surface area contributed by atoms with Crippen LogP contribution in [-0.4, -0.2) is 48.2 Å². The molecule has 2 fully saturated rings. The number of nitrogens with zero attached hydrogens (tertiary/aromatic N) is 6. The van der Waals surface area contributed by atoms with Crippen LogP contribution in [0.15, 0.2) is 37.1 Å². The molecule has 2 aliphatic rings. The van der Waals surface area contributed by atoms with Crippen LogP contribution in [0.3, 0.4) is 0 Å². The lowest BCUT2D eigenvalue weighted by atomic mass is 9.64. The Morgan fingerprint density at radius 2 is 2.00 bits per heavy atom. The van der Waals surface area contributed by atoms with Gasteiger partial charge in [0.05, 0.1) is 31.1 Å². The molecule has 27 heavy (non-hydrogen) atoms. The van der Waals surface area contributed by atoms with Gasteiger partial charge in [0.2, 0.25) is 11.7 Å². The highest BCUT2D eigenvalue weighted by Gasteiger charge is 2.49. The van der Waals surface area contributed by atoms with Crippen molar-refractivity contribution in [2.45, 2.75) is 18.9 Å². The van der Waals surface area contributed by atoms with E-state index in [4.69, 9.17) is 16.3 Å². The number of anilines is 1. The fourth-order valence-electron chi connectivity index (χ4n) is 4.09. The molecule has 1 aliphatic heterocycles. The molecule has 0 aromatic carbocycles. The van der Waals surface area contributed by atoms with Gasteiger partial charge in [-0.05, 0) is 18.9 Å². The summed E-state index contributed by atoms with van der Waals surface area (Å²) < 4.78 is 8.92. The summed E-state index contributed by atoms with van der Waals surface area (Å²) in [7, 11) is 0. The fraction of sp³-hybridized carbons (Fsp3) is 0.333. The molecule has 1 spiro atoms. The van der Waals surface area contributed by atoms with Gasteiger partial charge in [0.1, 0.15) is 5.15 Å². The van der Waals surface area contributed by atoms with Gasteiger partial charge in [-0.1, -0.05) is 11.6 Å². The normalized spacial score (nSPS) is 18.7. The highest BCUT2D eigenvalue weighted by molar-refractivity contribution is 6.29. The minimum absolute atomic E-state index is 0.419. The third-order valence-electron chi connectivity index (χ3n) is 5.56. The van der Waals surface area contributed by atoms with Crippen LogP contribution in [-0.2, 0) is 4.74 Å². The number of fused-ring (bicyclic) bond motifs is 2. The molecule has 1 N–H and O–H groups in total. The van der Waals surface area contributed by atoms with E-state index in [1.807, 2.05) is 29.2 Å². The predicted octanol–water partition coefficient (Wildman–Crippen LogP) is 2.68. The first kappa shape index (κ1) is 15.4. The Kier molecular flexibility index (Phi) is 3.07. The van der Waals surface area contributed by atoms with E-state index in [2.05, 4.69) is 25.4 Å². The van der Waals surface area contributed by atoms with Gasteiger partial charge >= 0.3 is 0 Å². The molecule has 0 radical (unpaired) electrons. The van der Waals surface area contributed by atoms with E-state index < -0.39 is 0 Å². The van der Waals surface area contributed by atoms with Crippen LogP contribution < -0.4 is 5.32 Å². The number of hydrogen-bond acceptors (Lipinski definition) is 6. The molecule has 5 heterocycles. The average molecular weight is 382 g/mol. The third kappa shape index (κ3) is 2.33. The highest BCUT2D eigenvalue weighted by Crippen LogP contribution is 2.47. The number of nitrogens with one attached hydrogen (secondary N) is 1. The molecule has 8 nitrogen and oxygen atoms in total. The fourth-order valence-corrected chi connectivity index (χ4v) is 4.27. The largest absolute Gasteiger partial charge is 0.380 e. The van der Waals surface area contributed by atoms with Crippen molar-refractivity contribution in [2.24, 2.45) is 5.41 Å². The van der Waals surface area contributed by atoms with Crippen LogP contribution in [0.2, 0.25) is 5.15 Å². The van der Waals surface area contributed by atoms with Crippen LogP contribution in [0.1, 0.15) is 12.8 Å². The summed E-state index contributed by atoms with van der Waals surface area (Å²) >= 11 is 6.16. The van der Waals surface area contributed by atoms with E-state index in [9.17, 15) is 0 Å². The number of aromatic nitrogens is 6. The van der Waals surface area contributed by atoms with Gasteiger partial charge < -0.3 is 10.1 Å². The molecule has 0 unspecified atom stereocenters. The Balaban J connectivity index is 1.30. The summed E-state index contributed by atoms with van der Waals surface area (Å²) in [4.78, 5) is 13.0. The summed E-state index contributed by atoms with van der Waals surface area (Å²) in [5.74, 6) is 1.22. The van der Waals surface area contributed by atoms with Gasteiger partial charge in [0.25, 0.3) is 0 Å². The first-order valence-corrected chi connectivity index (χ1v) is 9.25. The molecule has 0 amide bonds. The molecular weight excluding hydrogens is 366 g/mol. The summed E-state index contributed by atoms with van der Waals surface area (Å²) in [5, 5.41) is 8.56. The molecule has 6 rings (SSSR count). The highest BCUT2D eigenvalue weighted by atomic mass is 35.5. The summed E-state index contributed by atoms with van der Waals surface area (Å²) in [6.45, 7) is 1.79. The van der Waals surface area contributed by atoms with Crippen LogP contribution in [0.25, 0.3) is 22.4 Å². The van der Waals surface area contributed by atoms with Crippen molar-refractivity contribution in [3.05, 3.63) is 42.2 Å². The van der Waals surface area contributed by atoms with Crippen LogP contribution in [0.4, 0.5) is 5.95 Å². The Labute approximate surface area is 159 Å². The van der Waals surface area contributed by atoms with E-state index in [1.165, 1.54) is 0 Å². The molecule has 1 saturated heterocycles. The number of halogens is 1. The van der Waals surface area contributed by atoms with Gasteiger partial charge in [0, 0.05) is 41.2 Å². The van der Waals surface area contributed by atoms with Crippen molar-refractivity contribution in [1.29, 1.82) is 0 Å². The molecule has 9 heteroatoms. The summed E-state index contributed by atoms with van der Waals surface area (Å²) in [6.07, 6.45) is 11.3. The van der Waals surface area contributed by atoms with E-state index in [0.717, 1.165) is 42.7 Å². The van der Waals surface area contributed by atoms with E-state index in [-0.39, 0.29) is 0 Å². The Morgan fingerprint density at radius 3 is 2.81 bits per heavy atom. The first-order chi connectivity index (χ1) is 13.2. The maximum Gasteiger partial charge on any atom is 0.241 e. The number of ether oxygens (including phenoxy) is 1. The van der Waals surface area contributed by atoms with Crippen molar-refractivity contribution in [3.8, 4) is 11.1 Å². The molecule has 4 aromatic heterocycles. The predicted molar refractivity (Wildman–Crippen MR) is 99.9 cm³/mol.